The molecule has 1 atom stereocenters. The predicted octanol–water partition coefficient (Wildman–Crippen LogP) is 1.78. The van der Waals surface area contributed by atoms with E-state index in [-0.39, 0.29) is 10.8 Å². The van der Waals surface area contributed by atoms with Crippen molar-refractivity contribution in [1.82, 2.24) is 14.8 Å². The first-order chi connectivity index (χ1) is 12.4. The van der Waals surface area contributed by atoms with E-state index in [1.54, 1.807) is 42.1 Å². The molecule has 1 aromatic carbocycles. The van der Waals surface area contributed by atoms with Crippen LogP contribution >= 0.6 is 0 Å². The highest BCUT2D eigenvalue weighted by Gasteiger charge is 2.43. The minimum atomic E-state index is -3.89. The van der Waals surface area contributed by atoms with Crippen LogP contribution in [0.5, 0.6) is 11.5 Å². The lowest BCUT2D eigenvalue weighted by molar-refractivity contribution is -0.133. The average molecular weight is 377 g/mol. The summed E-state index contributed by atoms with van der Waals surface area (Å²) in [4.78, 5) is 15.8. The lowest BCUT2D eigenvalue weighted by Crippen LogP contribution is -2.48. The van der Waals surface area contributed by atoms with Gasteiger partial charge in [0.1, 0.15) is 17.5 Å². The second kappa shape index (κ2) is 7.40. The van der Waals surface area contributed by atoms with E-state index in [0.29, 0.717) is 11.5 Å². The van der Waals surface area contributed by atoms with Crippen molar-refractivity contribution >= 4 is 15.9 Å². The van der Waals surface area contributed by atoms with E-state index in [4.69, 9.17) is 9.94 Å². The smallest absolute Gasteiger partial charge is 0.262 e. The maximum absolute atomic E-state index is 12.8. The molecule has 0 radical (unpaired) electrons. The van der Waals surface area contributed by atoms with Crippen LogP contribution in [0.2, 0.25) is 0 Å². The molecule has 1 fully saturated rings. The van der Waals surface area contributed by atoms with E-state index >= 15 is 0 Å². The van der Waals surface area contributed by atoms with Crippen LogP contribution in [0.3, 0.4) is 0 Å². The third kappa shape index (κ3) is 3.85. The van der Waals surface area contributed by atoms with Crippen LogP contribution in [-0.2, 0) is 14.8 Å². The van der Waals surface area contributed by atoms with Crippen molar-refractivity contribution < 1.29 is 23.2 Å². The normalized spacial score (nSPS) is 15.5. The molecule has 1 amide bonds. The summed E-state index contributed by atoms with van der Waals surface area (Å²) in [6.07, 6.45) is 4.67. The third-order valence-corrected chi connectivity index (χ3v) is 6.08. The fourth-order valence-electron chi connectivity index (χ4n) is 2.69. The number of nitrogens with zero attached hydrogens (tertiary/aromatic N) is 2. The Morgan fingerprint density at radius 3 is 2.31 bits per heavy atom. The average Bonchev–Trinajstić information content (AvgIpc) is 3.48. The van der Waals surface area contributed by atoms with E-state index in [2.05, 4.69) is 4.98 Å². The number of hydrogen-bond donors (Lipinski definition) is 2. The Kier molecular flexibility index (Phi) is 5.21. The largest absolute Gasteiger partial charge is 0.457 e. The van der Waals surface area contributed by atoms with E-state index < -0.39 is 22.0 Å². The van der Waals surface area contributed by atoms with Crippen LogP contribution in [0.25, 0.3) is 0 Å². The third-order valence-electron chi connectivity index (χ3n) is 4.23. The number of pyridine rings is 1. The van der Waals surface area contributed by atoms with Gasteiger partial charge in [-0.2, -0.15) is 4.31 Å². The highest BCUT2D eigenvalue weighted by molar-refractivity contribution is 7.89. The first kappa shape index (κ1) is 18.3. The molecule has 26 heavy (non-hydrogen) atoms. The highest BCUT2D eigenvalue weighted by atomic mass is 32.2. The van der Waals surface area contributed by atoms with Gasteiger partial charge in [0.15, 0.2) is 0 Å². The second-order valence-electron chi connectivity index (χ2n) is 6.04. The molecule has 1 aromatic heterocycles. The lowest BCUT2D eigenvalue weighted by Gasteiger charge is -2.25. The Balaban J connectivity index is 1.79. The number of carbonyl (C=O) groups excluding carboxylic acids is 1. The Bertz CT molecular complexity index is 867. The number of nitrogens with one attached hydrogen (secondary N) is 1. The van der Waals surface area contributed by atoms with Crippen LogP contribution in [0.4, 0.5) is 0 Å². The summed E-state index contributed by atoms with van der Waals surface area (Å²) in [5.41, 5.74) is 1.56. The van der Waals surface area contributed by atoms with Gasteiger partial charge in [0.05, 0.1) is 4.90 Å². The van der Waals surface area contributed by atoms with Crippen LogP contribution in [0, 0.1) is 5.92 Å². The number of amides is 1. The minimum Gasteiger partial charge on any atom is -0.457 e. The fraction of sp³-hybridized carbons (Fsp3) is 0.294. The summed E-state index contributed by atoms with van der Waals surface area (Å²) in [5, 5.41) is 8.90. The summed E-state index contributed by atoms with van der Waals surface area (Å²) in [7, 11) is -2.55. The van der Waals surface area contributed by atoms with Gasteiger partial charge in [-0.1, -0.05) is 0 Å². The number of aromatic nitrogens is 1. The molecule has 8 nitrogen and oxygen atoms in total. The molecule has 0 spiro atoms. The van der Waals surface area contributed by atoms with Crippen LogP contribution in [-0.4, -0.2) is 41.9 Å². The van der Waals surface area contributed by atoms with Crippen molar-refractivity contribution in [3.05, 3.63) is 48.8 Å². The SMILES string of the molecule is CN(C(C(=O)NO)C1CC1)S(=O)(=O)c1ccc(Oc2ccncc2)cc1. The predicted molar refractivity (Wildman–Crippen MR) is 92.1 cm³/mol. The molecule has 3 rings (SSSR count). The number of carbonyl (C=O) groups is 1. The zero-order chi connectivity index (χ0) is 18.7. The summed E-state index contributed by atoms with van der Waals surface area (Å²) >= 11 is 0. The van der Waals surface area contributed by atoms with Gasteiger partial charge in [0.2, 0.25) is 10.0 Å². The molecule has 1 heterocycles. The zero-order valence-electron chi connectivity index (χ0n) is 14.1. The van der Waals surface area contributed by atoms with Crippen molar-refractivity contribution in [3.63, 3.8) is 0 Å². The lowest BCUT2D eigenvalue weighted by atomic mass is 10.2. The van der Waals surface area contributed by atoms with E-state index in [9.17, 15) is 13.2 Å². The molecule has 1 unspecified atom stereocenters. The van der Waals surface area contributed by atoms with Crippen LogP contribution < -0.4 is 10.2 Å². The Labute approximate surface area is 151 Å². The number of likely N-dealkylation sites (N-methyl/N-ethyl adjacent to an activating group) is 1. The first-order valence-corrected chi connectivity index (χ1v) is 9.47. The van der Waals surface area contributed by atoms with E-state index in [1.165, 1.54) is 19.2 Å². The molecule has 2 aromatic rings. The van der Waals surface area contributed by atoms with Gasteiger partial charge in [-0.05, 0) is 55.2 Å². The Hall–Kier alpha value is -2.49. The molecule has 1 aliphatic carbocycles. The van der Waals surface area contributed by atoms with Crippen molar-refractivity contribution in [2.24, 2.45) is 5.92 Å². The number of sulfonamides is 1. The molecule has 1 saturated carbocycles. The summed E-state index contributed by atoms with van der Waals surface area (Å²) < 4.78 is 32.2. The molecule has 9 heteroatoms. The van der Waals surface area contributed by atoms with Gasteiger partial charge >= 0.3 is 0 Å². The zero-order valence-corrected chi connectivity index (χ0v) is 14.9. The van der Waals surface area contributed by atoms with Gasteiger partial charge in [-0.3, -0.25) is 15.0 Å². The van der Waals surface area contributed by atoms with Crippen LogP contribution in [0.15, 0.2) is 53.7 Å². The van der Waals surface area contributed by atoms with Crippen molar-refractivity contribution in [1.29, 1.82) is 0 Å². The standard InChI is InChI=1S/C17H19N3O5S/c1-20(16(12-2-3-12)17(21)19-22)26(23,24)15-6-4-13(5-7-15)25-14-8-10-18-11-9-14/h4-12,16,22H,2-3H2,1H3,(H,19,21). The maximum Gasteiger partial charge on any atom is 0.262 e. The Morgan fingerprint density at radius 1 is 1.19 bits per heavy atom. The molecule has 2 N–H and O–H groups in total. The molecule has 1 aliphatic rings. The van der Waals surface area contributed by atoms with Gasteiger partial charge in [-0.25, -0.2) is 13.9 Å². The molecule has 0 aliphatic heterocycles. The van der Waals surface area contributed by atoms with E-state index in [1.807, 2.05) is 0 Å². The number of ether oxygens (including phenoxy) is 1. The van der Waals surface area contributed by atoms with Gasteiger partial charge < -0.3 is 4.74 Å². The quantitative estimate of drug-likeness (QED) is 0.562. The minimum absolute atomic E-state index is 0.0402. The fourth-order valence-corrected chi connectivity index (χ4v) is 4.07. The molecular weight excluding hydrogens is 358 g/mol. The monoisotopic (exact) mass is 377 g/mol. The number of rotatable bonds is 7. The van der Waals surface area contributed by atoms with Crippen molar-refractivity contribution in [2.75, 3.05) is 7.05 Å². The molecule has 0 bridgehead atoms. The van der Waals surface area contributed by atoms with Crippen molar-refractivity contribution in [2.45, 2.75) is 23.8 Å². The van der Waals surface area contributed by atoms with E-state index in [0.717, 1.165) is 17.1 Å². The van der Waals surface area contributed by atoms with Gasteiger partial charge in [0.25, 0.3) is 5.91 Å². The van der Waals surface area contributed by atoms with Crippen LogP contribution in [0.1, 0.15) is 12.8 Å². The number of benzene rings is 1. The molecular formula is C17H19N3O5S. The summed E-state index contributed by atoms with van der Waals surface area (Å²) in [5.74, 6) is 0.248. The Morgan fingerprint density at radius 2 is 1.77 bits per heavy atom. The topological polar surface area (TPSA) is 109 Å². The van der Waals surface area contributed by atoms with Crippen molar-refractivity contribution in [3.8, 4) is 11.5 Å². The molecule has 138 valence electrons. The maximum atomic E-state index is 12.8. The number of hydrogen-bond acceptors (Lipinski definition) is 6. The first-order valence-electron chi connectivity index (χ1n) is 8.03. The van der Waals surface area contributed by atoms with Gasteiger partial charge in [0, 0.05) is 19.4 Å². The van der Waals surface area contributed by atoms with Gasteiger partial charge in [-0.15, -0.1) is 0 Å². The highest BCUT2D eigenvalue weighted by Crippen LogP contribution is 2.37. The summed E-state index contributed by atoms with van der Waals surface area (Å²) in [6, 6.07) is 8.36. The summed E-state index contributed by atoms with van der Waals surface area (Å²) in [6.45, 7) is 0. The molecule has 0 saturated heterocycles. The second-order valence-corrected chi connectivity index (χ2v) is 8.03. The number of hydroxylamine groups is 1.